The van der Waals surface area contributed by atoms with Crippen molar-refractivity contribution in [2.75, 3.05) is 16.8 Å². The van der Waals surface area contributed by atoms with Crippen LogP contribution in [0.4, 0.5) is 15.8 Å². The Morgan fingerprint density at radius 2 is 2.04 bits per heavy atom. The zero-order valence-corrected chi connectivity index (χ0v) is 13.6. The third-order valence-electron chi connectivity index (χ3n) is 4.19. The number of aryl methyl sites for hydroxylation is 2. The molecule has 0 spiro atoms. The summed E-state index contributed by atoms with van der Waals surface area (Å²) in [6.07, 6.45) is 2.88. The van der Waals surface area contributed by atoms with Crippen LogP contribution in [0.3, 0.4) is 0 Å². The Kier molecular flexibility index (Phi) is 4.29. The fourth-order valence-corrected chi connectivity index (χ4v) is 2.63. The predicted octanol–water partition coefficient (Wildman–Crippen LogP) is 3.22. The van der Waals surface area contributed by atoms with E-state index in [-0.39, 0.29) is 17.3 Å². The van der Waals surface area contributed by atoms with Gasteiger partial charge in [0.1, 0.15) is 11.5 Å². The van der Waals surface area contributed by atoms with Gasteiger partial charge in [0.05, 0.1) is 5.69 Å². The molecule has 1 fully saturated rings. The number of rotatable bonds is 3. The topological polar surface area (TPSA) is 62.3 Å². The number of hydrogen-bond donors (Lipinski definition) is 1. The molecule has 6 heteroatoms. The van der Waals surface area contributed by atoms with Crippen molar-refractivity contribution in [1.82, 2.24) is 4.98 Å². The minimum atomic E-state index is -0.553. The van der Waals surface area contributed by atoms with Gasteiger partial charge in [-0.25, -0.2) is 4.39 Å². The zero-order valence-electron chi connectivity index (χ0n) is 13.6. The van der Waals surface area contributed by atoms with Gasteiger partial charge in [0.25, 0.3) is 5.91 Å². The molecule has 1 aliphatic heterocycles. The third-order valence-corrected chi connectivity index (χ3v) is 4.19. The lowest BCUT2D eigenvalue weighted by Gasteiger charge is -2.17. The molecular formula is C18H18FN3O2. The highest BCUT2D eigenvalue weighted by Gasteiger charge is 2.23. The van der Waals surface area contributed by atoms with Gasteiger partial charge < -0.3 is 10.2 Å². The summed E-state index contributed by atoms with van der Waals surface area (Å²) in [7, 11) is 0. The fourth-order valence-electron chi connectivity index (χ4n) is 2.63. The summed E-state index contributed by atoms with van der Waals surface area (Å²) in [4.78, 5) is 29.8. The molecule has 1 aromatic heterocycles. The average molecular weight is 327 g/mol. The Labute approximate surface area is 139 Å². The number of pyridine rings is 1. The Balaban J connectivity index is 1.84. The van der Waals surface area contributed by atoms with Crippen LogP contribution in [0.5, 0.6) is 0 Å². The monoisotopic (exact) mass is 327 g/mol. The van der Waals surface area contributed by atoms with E-state index in [0.29, 0.717) is 18.7 Å². The van der Waals surface area contributed by atoms with Crippen molar-refractivity contribution in [3.05, 3.63) is 53.1 Å². The molecule has 1 aliphatic rings. The molecule has 2 aromatic rings. The van der Waals surface area contributed by atoms with E-state index < -0.39 is 11.7 Å². The normalized spacial score (nSPS) is 14.1. The second-order valence-electron chi connectivity index (χ2n) is 5.92. The summed E-state index contributed by atoms with van der Waals surface area (Å²) < 4.78 is 14.0. The smallest absolute Gasteiger partial charge is 0.274 e. The van der Waals surface area contributed by atoms with Crippen LogP contribution in [0.2, 0.25) is 0 Å². The number of hydrogen-bond acceptors (Lipinski definition) is 3. The molecule has 0 bridgehead atoms. The van der Waals surface area contributed by atoms with Crippen LogP contribution in [-0.4, -0.2) is 23.3 Å². The molecule has 0 aliphatic carbocycles. The lowest BCUT2D eigenvalue weighted by molar-refractivity contribution is -0.117. The fraction of sp³-hybridized carbons (Fsp3) is 0.278. The van der Waals surface area contributed by atoms with Gasteiger partial charge in [0, 0.05) is 24.8 Å². The van der Waals surface area contributed by atoms with Crippen LogP contribution < -0.4 is 10.2 Å². The Bertz CT molecular complexity index is 820. The highest BCUT2D eigenvalue weighted by molar-refractivity contribution is 6.03. The largest absolute Gasteiger partial charge is 0.318 e. The number of nitrogens with zero attached hydrogens (tertiary/aromatic N) is 2. The maximum absolute atomic E-state index is 14.0. The Morgan fingerprint density at radius 1 is 1.25 bits per heavy atom. The first-order valence-corrected chi connectivity index (χ1v) is 7.80. The second kappa shape index (κ2) is 6.39. The van der Waals surface area contributed by atoms with E-state index in [4.69, 9.17) is 0 Å². The molecule has 1 N–H and O–H groups in total. The SMILES string of the molecule is Cc1cnc(C(=O)Nc2cc(N3CCCC3=O)ccc2F)cc1C. The van der Waals surface area contributed by atoms with Crippen molar-refractivity contribution < 1.29 is 14.0 Å². The summed E-state index contributed by atoms with van der Waals surface area (Å²) in [6.45, 7) is 4.39. The quantitative estimate of drug-likeness (QED) is 0.941. The van der Waals surface area contributed by atoms with Crippen LogP contribution in [0.15, 0.2) is 30.5 Å². The van der Waals surface area contributed by atoms with Crippen LogP contribution in [0.25, 0.3) is 0 Å². The molecule has 1 saturated heterocycles. The van der Waals surface area contributed by atoms with Crippen LogP contribution >= 0.6 is 0 Å². The number of amides is 2. The molecule has 5 nitrogen and oxygen atoms in total. The van der Waals surface area contributed by atoms with Crippen molar-refractivity contribution in [2.45, 2.75) is 26.7 Å². The maximum atomic E-state index is 14.0. The van der Waals surface area contributed by atoms with E-state index in [1.807, 2.05) is 13.8 Å². The van der Waals surface area contributed by atoms with Gasteiger partial charge in [-0.05, 0) is 55.7 Å². The molecule has 0 saturated carbocycles. The van der Waals surface area contributed by atoms with Crippen LogP contribution in [0, 0.1) is 19.7 Å². The standard InChI is InChI=1S/C18H18FN3O2/c1-11-8-16(20-10-12(11)2)18(24)21-15-9-13(5-6-14(15)19)22-7-3-4-17(22)23/h5-6,8-10H,3-4,7H2,1-2H3,(H,21,24). The first-order chi connectivity index (χ1) is 11.5. The lowest BCUT2D eigenvalue weighted by atomic mass is 10.1. The van der Waals surface area contributed by atoms with Crippen molar-refractivity contribution in [2.24, 2.45) is 0 Å². The predicted molar refractivity (Wildman–Crippen MR) is 89.7 cm³/mol. The van der Waals surface area contributed by atoms with Gasteiger partial charge in [-0.15, -0.1) is 0 Å². The van der Waals surface area contributed by atoms with Gasteiger partial charge in [-0.3, -0.25) is 14.6 Å². The number of halogens is 1. The minimum absolute atomic E-state index is 0.00899. The molecule has 0 atom stereocenters. The van der Waals surface area contributed by atoms with Crippen LogP contribution in [-0.2, 0) is 4.79 Å². The van der Waals surface area contributed by atoms with Crippen molar-refractivity contribution in [1.29, 1.82) is 0 Å². The molecular weight excluding hydrogens is 309 g/mol. The van der Waals surface area contributed by atoms with Crippen LogP contribution in [0.1, 0.15) is 34.5 Å². The van der Waals surface area contributed by atoms with Gasteiger partial charge >= 0.3 is 0 Å². The van der Waals surface area contributed by atoms with Gasteiger partial charge in [0.15, 0.2) is 0 Å². The molecule has 0 unspecified atom stereocenters. The van der Waals surface area contributed by atoms with Gasteiger partial charge in [0.2, 0.25) is 5.91 Å². The summed E-state index contributed by atoms with van der Waals surface area (Å²) in [5.74, 6) is -1.03. The Hall–Kier alpha value is -2.76. The Morgan fingerprint density at radius 3 is 2.71 bits per heavy atom. The molecule has 2 amide bonds. The molecule has 1 aromatic carbocycles. The molecule has 2 heterocycles. The second-order valence-corrected chi connectivity index (χ2v) is 5.92. The van der Waals surface area contributed by atoms with E-state index in [1.165, 1.54) is 12.1 Å². The molecule has 124 valence electrons. The maximum Gasteiger partial charge on any atom is 0.274 e. The number of carbonyl (C=O) groups excluding carboxylic acids is 2. The minimum Gasteiger partial charge on any atom is -0.318 e. The average Bonchev–Trinajstić information content (AvgIpc) is 2.98. The summed E-state index contributed by atoms with van der Waals surface area (Å²) in [5, 5.41) is 2.54. The van der Waals surface area contributed by atoms with Crippen molar-refractivity contribution in [3.8, 4) is 0 Å². The third kappa shape index (κ3) is 3.13. The number of aromatic nitrogens is 1. The number of anilines is 2. The van der Waals surface area contributed by atoms with E-state index >= 15 is 0 Å². The number of benzene rings is 1. The van der Waals surface area contributed by atoms with E-state index in [2.05, 4.69) is 10.3 Å². The summed E-state index contributed by atoms with van der Waals surface area (Å²) in [5.41, 5.74) is 2.76. The van der Waals surface area contributed by atoms with E-state index in [1.54, 1.807) is 23.2 Å². The highest BCUT2D eigenvalue weighted by atomic mass is 19.1. The van der Waals surface area contributed by atoms with Gasteiger partial charge in [-0.2, -0.15) is 0 Å². The number of nitrogens with one attached hydrogen (secondary N) is 1. The molecule has 24 heavy (non-hydrogen) atoms. The summed E-state index contributed by atoms with van der Waals surface area (Å²) in [6, 6.07) is 5.95. The van der Waals surface area contributed by atoms with Crippen molar-refractivity contribution in [3.63, 3.8) is 0 Å². The number of carbonyl (C=O) groups is 2. The van der Waals surface area contributed by atoms with E-state index in [9.17, 15) is 14.0 Å². The highest BCUT2D eigenvalue weighted by Crippen LogP contribution is 2.26. The lowest BCUT2D eigenvalue weighted by Crippen LogP contribution is -2.24. The molecule has 3 rings (SSSR count). The van der Waals surface area contributed by atoms with E-state index in [0.717, 1.165) is 17.5 Å². The molecule has 0 radical (unpaired) electrons. The first kappa shape index (κ1) is 16.1. The zero-order chi connectivity index (χ0) is 17.3. The van der Waals surface area contributed by atoms with Crippen molar-refractivity contribution >= 4 is 23.2 Å². The summed E-state index contributed by atoms with van der Waals surface area (Å²) >= 11 is 0. The van der Waals surface area contributed by atoms with Gasteiger partial charge in [-0.1, -0.05) is 0 Å². The first-order valence-electron chi connectivity index (χ1n) is 7.80.